The van der Waals surface area contributed by atoms with Crippen molar-refractivity contribution in [2.45, 2.75) is 5.33 Å². The van der Waals surface area contributed by atoms with E-state index in [1.54, 1.807) is 6.07 Å². The molecule has 0 aliphatic heterocycles. The Bertz CT molecular complexity index is 541. The molecule has 1 aromatic carbocycles. The monoisotopic (exact) mass is 324 g/mol. The topological polar surface area (TPSA) is 53.5 Å². The van der Waals surface area contributed by atoms with Crippen LogP contribution in [0.2, 0.25) is 0 Å². The lowest BCUT2D eigenvalue weighted by atomic mass is 10.2. The van der Waals surface area contributed by atoms with E-state index in [-0.39, 0.29) is 6.01 Å². The Labute approximate surface area is 119 Å². The lowest BCUT2D eigenvalue weighted by Crippen LogP contribution is -1.99. The summed E-state index contributed by atoms with van der Waals surface area (Å²) in [7, 11) is 3.05. The van der Waals surface area contributed by atoms with Crippen molar-refractivity contribution in [3.63, 3.8) is 0 Å². The molecule has 0 atom stereocenters. The van der Waals surface area contributed by atoms with Gasteiger partial charge in [-0.05, 0) is 6.07 Å². The summed E-state index contributed by atoms with van der Waals surface area (Å²) in [6.45, 7) is 0. The molecule has 0 unspecified atom stereocenters. The minimum atomic E-state index is 0.185. The second kappa shape index (κ2) is 6.38. The van der Waals surface area contributed by atoms with Crippen molar-refractivity contribution in [2.75, 3.05) is 14.2 Å². The molecule has 0 N–H and O–H groups in total. The van der Waals surface area contributed by atoms with Crippen molar-refractivity contribution in [3.8, 4) is 23.5 Å². The molecule has 0 bridgehead atoms. The molecule has 100 valence electrons. The van der Waals surface area contributed by atoms with Crippen molar-refractivity contribution < 1.29 is 14.2 Å². The lowest BCUT2D eigenvalue weighted by molar-refractivity contribution is 0.347. The maximum atomic E-state index is 5.67. The summed E-state index contributed by atoms with van der Waals surface area (Å²) in [5, 5.41) is 0.685. The number of halogens is 1. The fraction of sp³-hybridized carbons (Fsp3) is 0.231. The van der Waals surface area contributed by atoms with Gasteiger partial charge in [-0.15, -0.1) is 0 Å². The number of benzene rings is 1. The Morgan fingerprint density at radius 3 is 2.26 bits per heavy atom. The van der Waals surface area contributed by atoms with Gasteiger partial charge < -0.3 is 14.2 Å². The number of para-hydroxylation sites is 1. The Hall–Kier alpha value is -1.82. The van der Waals surface area contributed by atoms with Crippen LogP contribution in [0.4, 0.5) is 0 Å². The minimum Gasteiger partial charge on any atom is -0.481 e. The zero-order chi connectivity index (χ0) is 13.7. The maximum absolute atomic E-state index is 5.67. The minimum absolute atomic E-state index is 0.185. The number of aromatic nitrogens is 2. The third-order valence-corrected chi connectivity index (χ3v) is 3.00. The van der Waals surface area contributed by atoms with Crippen LogP contribution in [0, 0.1) is 0 Å². The summed E-state index contributed by atoms with van der Waals surface area (Å²) in [6, 6.07) is 9.41. The maximum Gasteiger partial charge on any atom is 0.328 e. The van der Waals surface area contributed by atoms with Crippen LogP contribution in [0.3, 0.4) is 0 Å². The fourth-order valence-electron chi connectivity index (χ4n) is 1.45. The summed E-state index contributed by atoms with van der Waals surface area (Å²) >= 11 is 3.41. The Morgan fingerprint density at radius 1 is 1.05 bits per heavy atom. The van der Waals surface area contributed by atoms with E-state index in [0.29, 0.717) is 22.8 Å². The molecule has 6 heteroatoms. The number of rotatable bonds is 5. The van der Waals surface area contributed by atoms with Gasteiger partial charge in [0.1, 0.15) is 5.75 Å². The zero-order valence-corrected chi connectivity index (χ0v) is 12.2. The van der Waals surface area contributed by atoms with Gasteiger partial charge in [0, 0.05) is 10.9 Å². The highest BCUT2D eigenvalue weighted by atomic mass is 79.9. The summed E-state index contributed by atoms with van der Waals surface area (Å²) in [5.41, 5.74) is 1.01. The molecule has 0 fully saturated rings. The van der Waals surface area contributed by atoms with Crippen molar-refractivity contribution >= 4 is 15.9 Å². The molecule has 0 radical (unpaired) electrons. The predicted octanol–water partition coefficient (Wildman–Crippen LogP) is 3.18. The van der Waals surface area contributed by atoms with Crippen LogP contribution in [-0.4, -0.2) is 24.2 Å². The highest BCUT2D eigenvalue weighted by Crippen LogP contribution is 2.27. The molecule has 2 rings (SSSR count). The standard InChI is InChI=1S/C13H13BrN2O3/c1-17-11-7-12(18-2)16-13(15-11)19-10-6-4-3-5-9(10)8-14/h3-7H,8H2,1-2H3. The van der Waals surface area contributed by atoms with Gasteiger partial charge in [0.05, 0.1) is 20.3 Å². The molecule has 19 heavy (non-hydrogen) atoms. The van der Waals surface area contributed by atoms with Gasteiger partial charge >= 0.3 is 6.01 Å². The molecule has 0 aliphatic carbocycles. The normalized spacial score (nSPS) is 10.1. The first-order valence-corrected chi connectivity index (χ1v) is 6.67. The molecule has 1 heterocycles. The number of methoxy groups -OCH3 is 2. The summed E-state index contributed by atoms with van der Waals surface area (Å²) < 4.78 is 15.8. The number of nitrogens with zero attached hydrogens (tertiary/aromatic N) is 2. The number of alkyl halides is 1. The van der Waals surface area contributed by atoms with E-state index in [2.05, 4.69) is 25.9 Å². The van der Waals surface area contributed by atoms with Crippen molar-refractivity contribution in [1.29, 1.82) is 0 Å². The van der Waals surface area contributed by atoms with Gasteiger partial charge in [0.25, 0.3) is 0 Å². The average Bonchev–Trinajstić information content (AvgIpc) is 2.47. The van der Waals surface area contributed by atoms with Gasteiger partial charge in [-0.3, -0.25) is 0 Å². The van der Waals surface area contributed by atoms with Crippen LogP contribution in [0.15, 0.2) is 30.3 Å². The average molecular weight is 325 g/mol. The van der Waals surface area contributed by atoms with E-state index >= 15 is 0 Å². The molecule has 0 aliphatic rings. The van der Waals surface area contributed by atoms with Gasteiger partial charge in [0.15, 0.2) is 0 Å². The number of ether oxygens (including phenoxy) is 3. The fourth-order valence-corrected chi connectivity index (χ4v) is 1.91. The predicted molar refractivity (Wildman–Crippen MR) is 74.3 cm³/mol. The van der Waals surface area contributed by atoms with Crippen LogP contribution in [0.25, 0.3) is 0 Å². The first kappa shape index (κ1) is 13.6. The molecule has 2 aromatic rings. The quantitative estimate of drug-likeness (QED) is 0.790. The Kier molecular flexibility index (Phi) is 4.57. The van der Waals surface area contributed by atoms with Gasteiger partial charge in [-0.25, -0.2) is 0 Å². The van der Waals surface area contributed by atoms with Crippen molar-refractivity contribution in [2.24, 2.45) is 0 Å². The lowest BCUT2D eigenvalue weighted by Gasteiger charge is -2.09. The van der Waals surface area contributed by atoms with Crippen LogP contribution < -0.4 is 14.2 Å². The molecule has 0 amide bonds. The molecular weight excluding hydrogens is 312 g/mol. The molecule has 0 saturated carbocycles. The van der Waals surface area contributed by atoms with Crippen molar-refractivity contribution in [1.82, 2.24) is 9.97 Å². The van der Waals surface area contributed by atoms with E-state index in [1.807, 2.05) is 24.3 Å². The number of hydrogen-bond acceptors (Lipinski definition) is 5. The third-order valence-electron chi connectivity index (χ3n) is 2.39. The van der Waals surface area contributed by atoms with E-state index in [9.17, 15) is 0 Å². The first-order valence-electron chi connectivity index (χ1n) is 5.55. The molecule has 5 nitrogen and oxygen atoms in total. The molecule has 0 saturated heterocycles. The second-order valence-corrected chi connectivity index (χ2v) is 4.14. The third kappa shape index (κ3) is 3.35. The van der Waals surface area contributed by atoms with Crippen LogP contribution in [0.5, 0.6) is 23.5 Å². The van der Waals surface area contributed by atoms with Crippen molar-refractivity contribution in [3.05, 3.63) is 35.9 Å². The summed E-state index contributed by atoms with van der Waals surface area (Å²) in [5.74, 6) is 1.46. The SMILES string of the molecule is COc1cc(OC)nc(Oc2ccccc2CBr)n1. The Balaban J connectivity index is 2.32. The summed E-state index contributed by atoms with van der Waals surface area (Å²) in [6.07, 6.45) is 0. The smallest absolute Gasteiger partial charge is 0.328 e. The highest BCUT2D eigenvalue weighted by molar-refractivity contribution is 9.08. The second-order valence-electron chi connectivity index (χ2n) is 3.58. The van der Waals surface area contributed by atoms with E-state index < -0.39 is 0 Å². The van der Waals surface area contributed by atoms with E-state index in [4.69, 9.17) is 14.2 Å². The van der Waals surface area contributed by atoms with E-state index in [1.165, 1.54) is 14.2 Å². The van der Waals surface area contributed by atoms with Gasteiger partial charge in [-0.2, -0.15) is 9.97 Å². The molecular formula is C13H13BrN2O3. The summed E-state index contributed by atoms with van der Waals surface area (Å²) in [4.78, 5) is 8.24. The van der Waals surface area contributed by atoms with Crippen LogP contribution in [-0.2, 0) is 5.33 Å². The first-order chi connectivity index (χ1) is 9.26. The zero-order valence-electron chi connectivity index (χ0n) is 10.6. The Morgan fingerprint density at radius 2 is 1.68 bits per heavy atom. The highest BCUT2D eigenvalue weighted by Gasteiger charge is 2.09. The molecule has 1 aromatic heterocycles. The van der Waals surface area contributed by atoms with Crippen LogP contribution >= 0.6 is 15.9 Å². The molecule has 0 spiro atoms. The van der Waals surface area contributed by atoms with Crippen LogP contribution in [0.1, 0.15) is 5.56 Å². The largest absolute Gasteiger partial charge is 0.481 e. The van der Waals surface area contributed by atoms with Gasteiger partial charge in [-0.1, -0.05) is 34.1 Å². The van der Waals surface area contributed by atoms with Gasteiger partial charge in [0.2, 0.25) is 11.8 Å². The van der Waals surface area contributed by atoms with E-state index in [0.717, 1.165) is 5.56 Å². The number of hydrogen-bond donors (Lipinski definition) is 0.